The molecule has 174 valence electrons. The smallest absolute Gasteiger partial charge is 0.237 e. The van der Waals surface area contributed by atoms with Gasteiger partial charge in [-0.15, -0.1) is 0 Å². The summed E-state index contributed by atoms with van der Waals surface area (Å²) in [4.78, 5) is 40.8. The number of ether oxygens (including phenoxy) is 1. The van der Waals surface area contributed by atoms with Gasteiger partial charge in [0.2, 0.25) is 17.7 Å². The average molecular weight is 451 g/mol. The Bertz CT molecular complexity index is 989. The number of nitrogens with one attached hydrogen (secondary N) is 1. The van der Waals surface area contributed by atoms with Crippen LogP contribution in [0.1, 0.15) is 24.8 Å². The molecule has 0 aromatic heterocycles. The van der Waals surface area contributed by atoms with E-state index in [1.807, 2.05) is 54.6 Å². The second kappa shape index (κ2) is 10.5. The zero-order chi connectivity index (χ0) is 23.2. The molecule has 2 aliphatic rings. The summed E-state index contributed by atoms with van der Waals surface area (Å²) >= 11 is 0. The van der Waals surface area contributed by atoms with Crippen molar-refractivity contribution in [3.8, 4) is 11.5 Å². The van der Waals surface area contributed by atoms with Crippen molar-refractivity contribution in [2.75, 3.05) is 26.2 Å². The first kappa shape index (κ1) is 22.8. The molecular formula is C25H30N4O4. The van der Waals surface area contributed by atoms with Crippen LogP contribution in [0.25, 0.3) is 0 Å². The number of benzene rings is 2. The predicted molar refractivity (Wildman–Crippen MR) is 123 cm³/mol. The highest BCUT2D eigenvalue weighted by Crippen LogP contribution is 2.24. The average Bonchev–Trinajstić information content (AvgIpc) is 2.82. The summed E-state index contributed by atoms with van der Waals surface area (Å²) < 4.78 is 5.93. The van der Waals surface area contributed by atoms with Gasteiger partial charge in [0.05, 0.1) is 12.5 Å². The van der Waals surface area contributed by atoms with E-state index < -0.39 is 6.04 Å². The maximum Gasteiger partial charge on any atom is 0.237 e. The van der Waals surface area contributed by atoms with Crippen LogP contribution >= 0.6 is 0 Å². The van der Waals surface area contributed by atoms with Gasteiger partial charge in [-0.25, -0.2) is 0 Å². The molecule has 2 saturated heterocycles. The van der Waals surface area contributed by atoms with Crippen molar-refractivity contribution < 1.29 is 19.1 Å². The lowest BCUT2D eigenvalue weighted by Gasteiger charge is -2.37. The van der Waals surface area contributed by atoms with Gasteiger partial charge in [-0.2, -0.15) is 0 Å². The molecule has 3 N–H and O–H groups in total. The molecule has 8 heteroatoms. The third kappa shape index (κ3) is 5.90. The highest BCUT2D eigenvalue weighted by Gasteiger charge is 2.34. The predicted octanol–water partition coefficient (Wildman–Crippen LogP) is 1.89. The van der Waals surface area contributed by atoms with Gasteiger partial charge in [-0.1, -0.05) is 30.3 Å². The molecule has 0 aliphatic carbocycles. The summed E-state index contributed by atoms with van der Waals surface area (Å²) in [7, 11) is 0. The SMILES string of the molecule is NC(=O)C1CCN(C(=O)CC2C(=O)NCCN2Cc2cccc(Oc3ccccc3)c2)CC1. The van der Waals surface area contributed by atoms with Gasteiger partial charge < -0.3 is 20.7 Å². The van der Waals surface area contributed by atoms with Crippen molar-refractivity contribution in [3.63, 3.8) is 0 Å². The minimum atomic E-state index is -0.529. The molecule has 0 saturated carbocycles. The molecule has 4 rings (SSSR count). The summed E-state index contributed by atoms with van der Waals surface area (Å²) in [5.41, 5.74) is 6.40. The fourth-order valence-corrected chi connectivity index (χ4v) is 4.45. The van der Waals surface area contributed by atoms with Crippen LogP contribution in [0.4, 0.5) is 0 Å². The summed E-state index contributed by atoms with van der Waals surface area (Å²) in [6, 6.07) is 16.8. The summed E-state index contributed by atoms with van der Waals surface area (Å²) in [6.45, 7) is 2.76. The monoisotopic (exact) mass is 450 g/mol. The molecule has 0 radical (unpaired) electrons. The number of nitrogens with zero attached hydrogens (tertiary/aromatic N) is 2. The third-order valence-corrected chi connectivity index (χ3v) is 6.32. The van der Waals surface area contributed by atoms with Crippen LogP contribution in [0.3, 0.4) is 0 Å². The summed E-state index contributed by atoms with van der Waals surface area (Å²) in [6.07, 6.45) is 1.28. The lowest BCUT2D eigenvalue weighted by Crippen LogP contribution is -2.56. The van der Waals surface area contributed by atoms with Crippen molar-refractivity contribution >= 4 is 17.7 Å². The number of carbonyl (C=O) groups excluding carboxylic acids is 3. The van der Waals surface area contributed by atoms with E-state index in [1.54, 1.807) is 4.90 Å². The quantitative estimate of drug-likeness (QED) is 0.670. The van der Waals surface area contributed by atoms with E-state index in [2.05, 4.69) is 10.2 Å². The molecule has 0 spiro atoms. The largest absolute Gasteiger partial charge is 0.457 e. The number of piperazine rings is 1. The Morgan fingerprint density at radius 3 is 2.45 bits per heavy atom. The van der Waals surface area contributed by atoms with E-state index in [0.29, 0.717) is 45.6 Å². The molecular weight excluding hydrogens is 420 g/mol. The maximum absolute atomic E-state index is 12.9. The normalized spacial score (nSPS) is 19.7. The fourth-order valence-electron chi connectivity index (χ4n) is 4.45. The molecule has 2 fully saturated rings. The molecule has 2 aromatic rings. The number of nitrogens with two attached hydrogens (primary N) is 1. The van der Waals surface area contributed by atoms with Crippen LogP contribution < -0.4 is 15.8 Å². The Morgan fingerprint density at radius 1 is 1.00 bits per heavy atom. The van der Waals surface area contributed by atoms with E-state index in [4.69, 9.17) is 10.5 Å². The van der Waals surface area contributed by atoms with Crippen molar-refractivity contribution in [1.29, 1.82) is 0 Å². The van der Waals surface area contributed by atoms with Crippen molar-refractivity contribution in [2.24, 2.45) is 11.7 Å². The molecule has 1 atom stereocenters. The molecule has 33 heavy (non-hydrogen) atoms. The van der Waals surface area contributed by atoms with E-state index >= 15 is 0 Å². The molecule has 2 aliphatic heterocycles. The Morgan fingerprint density at radius 2 is 1.73 bits per heavy atom. The summed E-state index contributed by atoms with van der Waals surface area (Å²) in [5.74, 6) is 0.817. The number of amides is 3. The fraction of sp³-hybridized carbons (Fsp3) is 0.400. The molecule has 0 bridgehead atoms. The highest BCUT2D eigenvalue weighted by atomic mass is 16.5. The lowest BCUT2D eigenvalue weighted by molar-refractivity contribution is -0.140. The number of primary amides is 1. The second-order valence-electron chi connectivity index (χ2n) is 8.60. The number of hydrogen-bond donors (Lipinski definition) is 2. The zero-order valence-electron chi connectivity index (χ0n) is 18.6. The standard InChI is InChI=1S/C25H30N4O4/c26-24(31)19-9-12-28(13-10-19)23(30)16-22-25(32)27-11-14-29(22)17-18-5-4-8-21(15-18)33-20-6-2-1-3-7-20/h1-8,15,19,22H,9-14,16-17H2,(H2,26,31)(H,27,32). The van der Waals surface area contributed by atoms with Crippen LogP contribution in [-0.4, -0.2) is 59.7 Å². The highest BCUT2D eigenvalue weighted by molar-refractivity contribution is 5.89. The first-order valence-electron chi connectivity index (χ1n) is 11.4. The van der Waals surface area contributed by atoms with Crippen LogP contribution in [-0.2, 0) is 20.9 Å². The minimum Gasteiger partial charge on any atom is -0.457 e. The second-order valence-corrected chi connectivity index (χ2v) is 8.60. The number of carbonyl (C=O) groups is 3. The summed E-state index contributed by atoms with van der Waals surface area (Å²) in [5, 5.41) is 2.88. The van der Waals surface area contributed by atoms with E-state index in [9.17, 15) is 14.4 Å². The number of rotatable bonds is 7. The molecule has 2 heterocycles. The number of likely N-dealkylation sites (tertiary alicyclic amines) is 1. The molecule has 2 aromatic carbocycles. The minimum absolute atomic E-state index is 0.0638. The Labute approximate surface area is 193 Å². The van der Waals surface area contributed by atoms with Gasteiger partial charge in [-0.3, -0.25) is 19.3 Å². The van der Waals surface area contributed by atoms with E-state index in [1.165, 1.54) is 0 Å². The first-order valence-corrected chi connectivity index (χ1v) is 11.4. The number of para-hydroxylation sites is 1. The molecule has 3 amide bonds. The van der Waals surface area contributed by atoms with Crippen LogP contribution in [0.2, 0.25) is 0 Å². The topological polar surface area (TPSA) is 105 Å². The number of hydrogen-bond acceptors (Lipinski definition) is 5. The van der Waals surface area contributed by atoms with E-state index in [0.717, 1.165) is 17.1 Å². The maximum atomic E-state index is 12.9. The zero-order valence-corrected chi connectivity index (χ0v) is 18.6. The number of piperidine rings is 1. The van der Waals surface area contributed by atoms with Gasteiger partial charge in [0, 0.05) is 38.6 Å². The molecule has 1 unspecified atom stereocenters. The Hall–Kier alpha value is -3.39. The van der Waals surface area contributed by atoms with Gasteiger partial charge in [0.25, 0.3) is 0 Å². The molecule has 8 nitrogen and oxygen atoms in total. The van der Waals surface area contributed by atoms with Gasteiger partial charge >= 0.3 is 0 Å². The van der Waals surface area contributed by atoms with Crippen LogP contribution in [0, 0.1) is 5.92 Å². The third-order valence-electron chi connectivity index (χ3n) is 6.32. The van der Waals surface area contributed by atoms with Crippen molar-refractivity contribution in [3.05, 3.63) is 60.2 Å². The van der Waals surface area contributed by atoms with Crippen molar-refractivity contribution in [2.45, 2.75) is 31.8 Å². The van der Waals surface area contributed by atoms with Gasteiger partial charge in [0.1, 0.15) is 11.5 Å². The Balaban J connectivity index is 1.39. The van der Waals surface area contributed by atoms with Gasteiger partial charge in [-0.05, 0) is 42.7 Å². The van der Waals surface area contributed by atoms with Crippen LogP contribution in [0.5, 0.6) is 11.5 Å². The van der Waals surface area contributed by atoms with Gasteiger partial charge in [0.15, 0.2) is 0 Å². The Kier molecular flexibility index (Phi) is 7.24. The first-order chi connectivity index (χ1) is 16.0. The van der Waals surface area contributed by atoms with Crippen LogP contribution in [0.15, 0.2) is 54.6 Å². The van der Waals surface area contributed by atoms with Crippen molar-refractivity contribution in [1.82, 2.24) is 15.1 Å². The van der Waals surface area contributed by atoms with E-state index in [-0.39, 0.29) is 30.1 Å². The lowest BCUT2D eigenvalue weighted by atomic mass is 9.95.